The standard InChI is InChI=1S/C10H20N2O7/c1-4(14)11-10(12-5(2)15)9(19)8(18)7(17)6(16)3-13/h6-10,13,16-19H,3H2,1-2H3,(H,11,14)(H,12,15). The van der Waals surface area contributed by atoms with Gasteiger partial charge in [-0.2, -0.15) is 0 Å². The zero-order valence-electron chi connectivity index (χ0n) is 10.6. The van der Waals surface area contributed by atoms with Gasteiger partial charge in [-0.05, 0) is 0 Å². The maximum absolute atomic E-state index is 10.9. The van der Waals surface area contributed by atoms with Gasteiger partial charge in [-0.1, -0.05) is 0 Å². The number of rotatable bonds is 7. The van der Waals surface area contributed by atoms with Gasteiger partial charge in [0.1, 0.15) is 30.6 Å². The minimum absolute atomic E-state index is 0.581. The third-order valence-corrected chi connectivity index (χ3v) is 2.34. The SMILES string of the molecule is CC(=O)NC(NC(C)=O)C(O)C(O)C(O)C(O)CO. The van der Waals surface area contributed by atoms with Crippen LogP contribution in [0.2, 0.25) is 0 Å². The van der Waals surface area contributed by atoms with Gasteiger partial charge in [0.05, 0.1) is 6.61 Å². The highest BCUT2D eigenvalue weighted by molar-refractivity contribution is 5.76. The number of aliphatic hydroxyl groups is 5. The van der Waals surface area contributed by atoms with Crippen LogP contribution >= 0.6 is 0 Å². The summed E-state index contributed by atoms with van der Waals surface area (Å²) in [6, 6.07) is 0. The Balaban J connectivity index is 4.80. The van der Waals surface area contributed by atoms with Crippen LogP contribution in [0.5, 0.6) is 0 Å². The number of amides is 2. The number of hydrogen-bond donors (Lipinski definition) is 7. The Kier molecular flexibility index (Phi) is 7.49. The summed E-state index contributed by atoms with van der Waals surface area (Å²) in [6.07, 6.45) is -8.51. The van der Waals surface area contributed by atoms with Crippen molar-refractivity contribution < 1.29 is 35.1 Å². The van der Waals surface area contributed by atoms with Crippen LogP contribution in [-0.4, -0.2) is 74.5 Å². The lowest BCUT2D eigenvalue weighted by molar-refractivity contribution is -0.136. The van der Waals surface area contributed by atoms with E-state index >= 15 is 0 Å². The lowest BCUT2D eigenvalue weighted by Crippen LogP contribution is -2.60. The van der Waals surface area contributed by atoms with Gasteiger partial charge >= 0.3 is 0 Å². The number of carbonyl (C=O) groups is 2. The first-order chi connectivity index (χ1) is 8.70. The summed E-state index contributed by atoms with van der Waals surface area (Å²) in [4.78, 5) is 21.8. The predicted molar refractivity (Wildman–Crippen MR) is 62.5 cm³/mol. The molecule has 0 bridgehead atoms. The normalized spacial score (nSPS) is 17.5. The van der Waals surface area contributed by atoms with Gasteiger partial charge in [0.25, 0.3) is 0 Å². The molecular weight excluding hydrogens is 260 g/mol. The third-order valence-electron chi connectivity index (χ3n) is 2.34. The molecule has 9 heteroatoms. The minimum Gasteiger partial charge on any atom is -0.394 e. The van der Waals surface area contributed by atoms with Crippen molar-refractivity contribution in [2.75, 3.05) is 6.61 Å². The predicted octanol–water partition coefficient (Wildman–Crippen LogP) is -3.98. The van der Waals surface area contributed by atoms with E-state index < -0.39 is 49.0 Å². The molecule has 7 N–H and O–H groups in total. The molecule has 0 rings (SSSR count). The molecule has 0 fully saturated rings. The molecule has 112 valence electrons. The monoisotopic (exact) mass is 280 g/mol. The van der Waals surface area contributed by atoms with Crippen molar-refractivity contribution >= 4 is 11.8 Å². The van der Waals surface area contributed by atoms with Gasteiger partial charge in [-0.15, -0.1) is 0 Å². The fourth-order valence-electron chi connectivity index (χ4n) is 1.38. The van der Waals surface area contributed by atoms with Crippen LogP contribution in [0, 0.1) is 0 Å². The minimum atomic E-state index is -1.88. The van der Waals surface area contributed by atoms with E-state index in [9.17, 15) is 24.9 Å². The Morgan fingerprint density at radius 3 is 1.63 bits per heavy atom. The van der Waals surface area contributed by atoms with Crippen LogP contribution in [0.15, 0.2) is 0 Å². The number of aliphatic hydroxyl groups excluding tert-OH is 5. The molecule has 0 aliphatic rings. The van der Waals surface area contributed by atoms with Gasteiger partial charge in [-0.25, -0.2) is 0 Å². The molecule has 4 unspecified atom stereocenters. The highest BCUT2D eigenvalue weighted by Crippen LogP contribution is 2.07. The third kappa shape index (κ3) is 5.94. The topological polar surface area (TPSA) is 159 Å². The molecule has 0 spiro atoms. The Morgan fingerprint density at radius 2 is 1.32 bits per heavy atom. The van der Waals surface area contributed by atoms with E-state index in [-0.39, 0.29) is 0 Å². The lowest BCUT2D eigenvalue weighted by Gasteiger charge is -2.31. The Bertz CT molecular complexity index is 296. The Labute approximate surface area is 109 Å². The van der Waals surface area contributed by atoms with E-state index in [1.165, 1.54) is 0 Å². The summed E-state index contributed by atoms with van der Waals surface area (Å²) < 4.78 is 0. The van der Waals surface area contributed by atoms with Crippen LogP contribution in [0.3, 0.4) is 0 Å². The molecule has 0 radical (unpaired) electrons. The maximum Gasteiger partial charge on any atom is 0.218 e. The lowest BCUT2D eigenvalue weighted by atomic mass is 10.0. The summed E-state index contributed by atoms with van der Waals surface area (Å²) in [5.41, 5.74) is 0. The number of nitrogens with one attached hydrogen (secondary N) is 2. The molecule has 19 heavy (non-hydrogen) atoms. The van der Waals surface area contributed by atoms with Gasteiger partial charge in [0.2, 0.25) is 11.8 Å². The molecule has 0 saturated carbocycles. The average molecular weight is 280 g/mol. The zero-order chi connectivity index (χ0) is 15.2. The van der Waals surface area contributed by atoms with E-state index in [1.54, 1.807) is 0 Å². The first-order valence-electron chi connectivity index (χ1n) is 5.58. The summed E-state index contributed by atoms with van der Waals surface area (Å²) in [5, 5.41) is 50.9. The maximum atomic E-state index is 10.9. The molecular formula is C10H20N2O7. The molecule has 9 nitrogen and oxygen atoms in total. The largest absolute Gasteiger partial charge is 0.394 e. The highest BCUT2D eigenvalue weighted by Gasteiger charge is 2.35. The zero-order valence-corrected chi connectivity index (χ0v) is 10.6. The van der Waals surface area contributed by atoms with E-state index in [0.29, 0.717) is 0 Å². The second kappa shape index (κ2) is 8.02. The van der Waals surface area contributed by atoms with E-state index in [2.05, 4.69) is 10.6 Å². The number of carbonyl (C=O) groups excluding carboxylic acids is 2. The van der Waals surface area contributed by atoms with Crippen LogP contribution < -0.4 is 10.6 Å². The molecule has 4 atom stereocenters. The van der Waals surface area contributed by atoms with Crippen molar-refractivity contribution in [3.05, 3.63) is 0 Å². The fraction of sp³-hybridized carbons (Fsp3) is 0.800. The first kappa shape index (κ1) is 17.7. The highest BCUT2D eigenvalue weighted by atomic mass is 16.4. The summed E-state index contributed by atoms with van der Waals surface area (Å²) in [6.45, 7) is 1.44. The molecule has 0 heterocycles. The van der Waals surface area contributed by atoms with Crippen LogP contribution in [0.25, 0.3) is 0 Å². The summed E-state index contributed by atoms with van der Waals surface area (Å²) in [5.74, 6) is -1.16. The van der Waals surface area contributed by atoms with Crippen molar-refractivity contribution in [1.29, 1.82) is 0 Å². The molecule has 2 amide bonds. The fourth-order valence-corrected chi connectivity index (χ4v) is 1.38. The molecule has 0 aliphatic carbocycles. The molecule has 0 aliphatic heterocycles. The van der Waals surface area contributed by atoms with Gasteiger partial charge in [-0.3, -0.25) is 9.59 Å². The molecule has 0 aromatic rings. The van der Waals surface area contributed by atoms with Crippen molar-refractivity contribution in [2.45, 2.75) is 44.4 Å². The molecule has 0 saturated heterocycles. The summed E-state index contributed by atoms with van der Waals surface area (Å²) in [7, 11) is 0. The summed E-state index contributed by atoms with van der Waals surface area (Å²) >= 11 is 0. The molecule has 0 aromatic heterocycles. The van der Waals surface area contributed by atoms with Crippen molar-refractivity contribution in [1.82, 2.24) is 10.6 Å². The van der Waals surface area contributed by atoms with Crippen molar-refractivity contribution in [3.8, 4) is 0 Å². The first-order valence-corrected chi connectivity index (χ1v) is 5.58. The Morgan fingerprint density at radius 1 is 0.895 bits per heavy atom. The van der Waals surface area contributed by atoms with Crippen molar-refractivity contribution in [2.24, 2.45) is 0 Å². The number of hydrogen-bond acceptors (Lipinski definition) is 7. The smallest absolute Gasteiger partial charge is 0.218 e. The quantitative estimate of drug-likeness (QED) is 0.234. The van der Waals surface area contributed by atoms with E-state index in [0.717, 1.165) is 13.8 Å². The Hall–Kier alpha value is -1.26. The van der Waals surface area contributed by atoms with Gasteiger partial charge in [0.15, 0.2) is 0 Å². The average Bonchev–Trinajstić information content (AvgIpc) is 2.33. The second-order valence-corrected chi connectivity index (χ2v) is 4.10. The van der Waals surface area contributed by atoms with E-state index in [4.69, 9.17) is 10.2 Å². The second-order valence-electron chi connectivity index (χ2n) is 4.10. The van der Waals surface area contributed by atoms with Crippen LogP contribution in [-0.2, 0) is 9.59 Å². The van der Waals surface area contributed by atoms with Gasteiger partial charge < -0.3 is 36.2 Å². The molecule has 0 aromatic carbocycles. The van der Waals surface area contributed by atoms with Crippen molar-refractivity contribution in [3.63, 3.8) is 0 Å². The van der Waals surface area contributed by atoms with Crippen LogP contribution in [0.4, 0.5) is 0 Å². The van der Waals surface area contributed by atoms with Crippen LogP contribution in [0.1, 0.15) is 13.8 Å². The van der Waals surface area contributed by atoms with Gasteiger partial charge in [0, 0.05) is 13.8 Å². The van der Waals surface area contributed by atoms with E-state index in [1.807, 2.05) is 0 Å².